The SMILES string of the molecule is CCOCc1cc(Cn2c(CC3CC3)nc3c(c2=O)CCC3)ccc1-c1ccccc1S(=O)(=O)Nc1noc(C)c1C. The Balaban J connectivity index is 1.38. The topological polar surface area (TPSA) is 116 Å². The molecule has 1 fully saturated rings. The van der Waals surface area contributed by atoms with Crippen molar-refractivity contribution in [1.82, 2.24) is 14.7 Å². The van der Waals surface area contributed by atoms with Gasteiger partial charge in [-0.05, 0) is 81.5 Å². The summed E-state index contributed by atoms with van der Waals surface area (Å²) in [6, 6.07) is 12.8. The summed E-state index contributed by atoms with van der Waals surface area (Å²) in [5.74, 6) is 2.20. The fourth-order valence-electron chi connectivity index (χ4n) is 5.62. The molecule has 2 heterocycles. The van der Waals surface area contributed by atoms with Crippen molar-refractivity contribution in [2.75, 3.05) is 11.3 Å². The first-order valence-corrected chi connectivity index (χ1v) is 16.1. The first-order valence-electron chi connectivity index (χ1n) is 14.6. The van der Waals surface area contributed by atoms with Crippen molar-refractivity contribution in [1.29, 1.82) is 0 Å². The minimum atomic E-state index is -3.99. The molecule has 220 valence electrons. The molecule has 0 atom stereocenters. The molecule has 0 aliphatic heterocycles. The quantitative estimate of drug-likeness (QED) is 0.251. The first kappa shape index (κ1) is 28.4. The van der Waals surface area contributed by atoms with Gasteiger partial charge in [0.25, 0.3) is 15.6 Å². The predicted molar refractivity (Wildman–Crippen MR) is 160 cm³/mol. The molecule has 1 N–H and O–H groups in total. The number of hydrogen-bond acceptors (Lipinski definition) is 7. The fourth-order valence-corrected chi connectivity index (χ4v) is 6.90. The van der Waals surface area contributed by atoms with E-state index in [0.29, 0.717) is 42.6 Å². The van der Waals surface area contributed by atoms with Crippen molar-refractivity contribution in [3.8, 4) is 11.1 Å². The molecule has 2 aromatic heterocycles. The van der Waals surface area contributed by atoms with E-state index in [1.807, 2.05) is 35.8 Å². The van der Waals surface area contributed by atoms with Gasteiger partial charge in [0, 0.05) is 29.7 Å². The van der Waals surface area contributed by atoms with E-state index in [0.717, 1.165) is 59.5 Å². The van der Waals surface area contributed by atoms with Gasteiger partial charge in [-0.2, -0.15) is 0 Å². The number of sulfonamides is 1. The summed E-state index contributed by atoms with van der Waals surface area (Å²) in [6.07, 6.45) is 5.84. The Labute approximate surface area is 246 Å². The minimum absolute atomic E-state index is 0.0736. The Morgan fingerprint density at radius 3 is 2.64 bits per heavy atom. The largest absolute Gasteiger partial charge is 0.377 e. The second kappa shape index (κ2) is 11.5. The van der Waals surface area contributed by atoms with Crippen molar-refractivity contribution in [3.05, 3.63) is 92.4 Å². The maximum absolute atomic E-state index is 13.6. The van der Waals surface area contributed by atoms with E-state index in [1.54, 1.807) is 32.0 Å². The molecule has 4 aromatic rings. The highest BCUT2D eigenvalue weighted by molar-refractivity contribution is 7.92. The van der Waals surface area contributed by atoms with Crippen LogP contribution in [0.25, 0.3) is 11.1 Å². The van der Waals surface area contributed by atoms with Gasteiger partial charge < -0.3 is 9.26 Å². The van der Waals surface area contributed by atoms with Crippen molar-refractivity contribution >= 4 is 15.8 Å². The first-order chi connectivity index (χ1) is 20.2. The standard InChI is InChI=1S/C32H36N4O5S/c1-4-40-19-24-16-23(18-36-30(17-22-12-13-22)33-28-10-7-9-27(28)32(36)37)14-15-25(24)26-8-5-6-11-29(26)42(38,39)35-31-20(2)21(3)41-34-31/h5-6,8,11,14-16,22H,4,7,9-10,12-13,17-19H2,1-3H3,(H,34,35). The number of hydrogen-bond donors (Lipinski definition) is 1. The molecule has 2 aliphatic rings. The van der Waals surface area contributed by atoms with Crippen molar-refractivity contribution in [3.63, 3.8) is 0 Å². The van der Waals surface area contributed by atoms with Crippen LogP contribution < -0.4 is 10.3 Å². The second-order valence-electron chi connectivity index (χ2n) is 11.3. The molecular weight excluding hydrogens is 552 g/mol. The van der Waals surface area contributed by atoms with Crippen LogP contribution in [0.2, 0.25) is 0 Å². The molecule has 42 heavy (non-hydrogen) atoms. The highest BCUT2D eigenvalue weighted by Crippen LogP contribution is 2.34. The molecule has 6 rings (SSSR count). The zero-order valence-electron chi connectivity index (χ0n) is 24.3. The summed E-state index contributed by atoms with van der Waals surface area (Å²) >= 11 is 0. The molecular formula is C32H36N4O5S. The molecule has 0 amide bonds. The van der Waals surface area contributed by atoms with Crippen LogP contribution in [0.1, 0.15) is 65.7 Å². The molecule has 2 aromatic carbocycles. The Kier molecular flexibility index (Phi) is 7.76. The van der Waals surface area contributed by atoms with Crippen LogP contribution in [0, 0.1) is 19.8 Å². The van der Waals surface area contributed by atoms with Gasteiger partial charge in [0.2, 0.25) is 0 Å². The van der Waals surface area contributed by atoms with E-state index in [9.17, 15) is 13.2 Å². The molecule has 0 unspecified atom stereocenters. The minimum Gasteiger partial charge on any atom is -0.377 e. The molecule has 0 bridgehead atoms. The molecule has 0 radical (unpaired) electrons. The summed E-state index contributed by atoms with van der Waals surface area (Å²) in [7, 11) is -3.99. The lowest BCUT2D eigenvalue weighted by molar-refractivity contribution is 0.134. The molecule has 2 aliphatic carbocycles. The normalized spacial score (nSPS) is 14.7. The maximum Gasteiger partial charge on any atom is 0.263 e. The summed E-state index contributed by atoms with van der Waals surface area (Å²) in [4.78, 5) is 18.7. The van der Waals surface area contributed by atoms with Crippen LogP contribution in [-0.2, 0) is 47.2 Å². The van der Waals surface area contributed by atoms with Gasteiger partial charge in [0.1, 0.15) is 11.6 Å². The summed E-state index contributed by atoms with van der Waals surface area (Å²) < 4.78 is 42.6. The smallest absolute Gasteiger partial charge is 0.263 e. The third-order valence-electron chi connectivity index (χ3n) is 8.26. The number of benzene rings is 2. The Hall–Kier alpha value is -3.76. The van der Waals surface area contributed by atoms with E-state index in [4.69, 9.17) is 14.2 Å². The van der Waals surface area contributed by atoms with Gasteiger partial charge in [0.05, 0.1) is 23.7 Å². The number of nitrogens with zero attached hydrogens (tertiary/aromatic N) is 3. The molecule has 1 saturated carbocycles. The number of anilines is 1. The van der Waals surface area contributed by atoms with Gasteiger partial charge in [-0.25, -0.2) is 13.4 Å². The van der Waals surface area contributed by atoms with Crippen LogP contribution in [0.5, 0.6) is 0 Å². The van der Waals surface area contributed by atoms with Crippen LogP contribution in [-0.4, -0.2) is 29.7 Å². The number of ether oxygens (including phenoxy) is 1. The predicted octanol–water partition coefficient (Wildman–Crippen LogP) is 5.34. The number of rotatable bonds is 11. The average Bonchev–Trinajstić information content (AvgIpc) is 3.58. The van der Waals surface area contributed by atoms with Crippen LogP contribution in [0.3, 0.4) is 0 Å². The van der Waals surface area contributed by atoms with Crippen molar-refractivity contribution < 1.29 is 17.7 Å². The lowest BCUT2D eigenvalue weighted by Gasteiger charge is -2.18. The molecule has 0 saturated heterocycles. The van der Waals surface area contributed by atoms with Crippen LogP contribution in [0.15, 0.2) is 56.7 Å². The Bertz CT molecular complexity index is 1800. The zero-order chi connectivity index (χ0) is 29.4. The van der Waals surface area contributed by atoms with E-state index in [1.165, 1.54) is 12.8 Å². The summed E-state index contributed by atoms with van der Waals surface area (Å²) in [5.41, 5.74) is 5.62. The van der Waals surface area contributed by atoms with E-state index >= 15 is 0 Å². The van der Waals surface area contributed by atoms with Gasteiger partial charge in [-0.15, -0.1) is 0 Å². The van der Waals surface area contributed by atoms with Gasteiger partial charge in [-0.3, -0.25) is 14.1 Å². The fraction of sp³-hybridized carbons (Fsp3) is 0.406. The molecule has 10 heteroatoms. The second-order valence-corrected chi connectivity index (χ2v) is 12.9. The lowest BCUT2D eigenvalue weighted by atomic mass is 9.97. The molecule has 0 spiro atoms. The Morgan fingerprint density at radius 2 is 1.90 bits per heavy atom. The van der Waals surface area contributed by atoms with E-state index < -0.39 is 10.0 Å². The number of aromatic nitrogens is 3. The van der Waals surface area contributed by atoms with Crippen LogP contribution >= 0.6 is 0 Å². The number of nitrogens with one attached hydrogen (secondary N) is 1. The lowest BCUT2D eigenvalue weighted by Crippen LogP contribution is -2.29. The van der Waals surface area contributed by atoms with E-state index in [2.05, 4.69) is 9.88 Å². The molecule has 9 nitrogen and oxygen atoms in total. The van der Waals surface area contributed by atoms with Crippen molar-refractivity contribution in [2.45, 2.75) is 77.3 Å². The Morgan fingerprint density at radius 1 is 1.10 bits per heavy atom. The van der Waals surface area contributed by atoms with Crippen molar-refractivity contribution in [2.24, 2.45) is 5.92 Å². The highest BCUT2D eigenvalue weighted by atomic mass is 32.2. The van der Waals surface area contributed by atoms with Gasteiger partial charge in [0.15, 0.2) is 5.82 Å². The highest BCUT2D eigenvalue weighted by Gasteiger charge is 2.28. The van der Waals surface area contributed by atoms with Gasteiger partial charge >= 0.3 is 0 Å². The van der Waals surface area contributed by atoms with Gasteiger partial charge in [-0.1, -0.05) is 41.6 Å². The van der Waals surface area contributed by atoms with E-state index in [-0.39, 0.29) is 16.3 Å². The maximum atomic E-state index is 13.6. The van der Waals surface area contributed by atoms with Crippen LogP contribution in [0.4, 0.5) is 5.82 Å². The third-order valence-corrected chi connectivity index (χ3v) is 9.66. The monoisotopic (exact) mass is 588 g/mol. The number of fused-ring (bicyclic) bond motifs is 1. The summed E-state index contributed by atoms with van der Waals surface area (Å²) in [5, 5.41) is 3.88. The average molecular weight is 589 g/mol. The zero-order valence-corrected chi connectivity index (χ0v) is 25.1. The third kappa shape index (κ3) is 5.65. The summed E-state index contributed by atoms with van der Waals surface area (Å²) in [6.45, 7) is 6.63. The number of aryl methyl sites for hydroxylation is 2.